The second-order valence-electron chi connectivity index (χ2n) is 4.72. The van der Waals surface area contributed by atoms with Gasteiger partial charge < -0.3 is 5.11 Å². The average molecular weight is 326 g/mol. The molecule has 2 N–H and O–H groups in total. The molecule has 0 fully saturated rings. The average Bonchev–Trinajstić information content (AvgIpc) is 2.47. The highest BCUT2D eigenvalue weighted by Gasteiger charge is 2.23. The van der Waals surface area contributed by atoms with Crippen molar-refractivity contribution in [3.05, 3.63) is 65.2 Å². The third-order valence-electron chi connectivity index (χ3n) is 3.08. The summed E-state index contributed by atoms with van der Waals surface area (Å²) in [6.07, 6.45) is -0.923. The molecular formula is C15H16ClNO3S. The first-order valence-electron chi connectivity index (χ1n) is 6.41. The topological polar surface area (TPSA) is 66.4 Å². The van der Waals surface area contributed by atoms with Crippen molar-refractivity contribution in [3.63, 3.8) is 0 Å². The van der Waals surface area contributed by atoms with Crippen molar-refractivity contribution >= 4 is 21.6 Å². The van der Waals surface area contributed by atoms with Gasteiger partial charge in [-0.25, -0.2) is 13.1 Å². The Hall–Kier alpha value is -1.40. The molecule has 4 nitrogen and oxygen atoms in total. The molecule has 0 amide bonds. The van der Waals surface area contributed by atoms with Crippen LogP contribution in [-0.2, 0) is 10.0 Å². The molecule has 0 radical (unpaired) electrons. The molecular weight excluding hydrogens is 310 g/mol. The molecule has 2 rings (SSSR count). The van der Waals surface area contributed by atoms with Crippen molar-refractivity contribution in [2.75, 3.05) is 0 Å². The van der Waals surface area contributed by atoms with E-state index in [9.17, 15) is 13.5 Å². The van der Waals surface area contributed by atoms with E-state index >= 15 is 0 Å². The Kier molecular flexibility index (Phi) is 5.00. The third-order valence-corrected chi connectivity index (χ3v) is 4.91. The number of aliphatic hydroxyl groups is 1. The SMILES string of the molecule is C[C@@H](NS(=O)(=O)c1ccc(Cl)cc1)[C@@H](O)c1ccccc1. The van der Waals surface area contributed by atoms with Gasteiger partial charge in [0.2, 0.25) is 10.0 Å². The van der Waals surface area contributed by atoms with Crippen LogP contribution in [0.4, 0.5) is 0 Å². The van der Waals surface area contributed by atoms with Crippen LogP contribution in [0.5, 0.6) is 0 Å². The van der Waals surface area contributed by atoms with Gasteiger partial charge in [-0.15, -0.1) is 0 Å². The van der Waals surface area contributed by atoms with Gasteiger partial charge in [-0.2, -0.15) is 0 Å². The summed E-state index contributed by atoms with van der Waals surface area (Å²) < 4.78 is 26.9. The molecule has 21 heavy (non-hydrogen) atoms. The molecule has 6 heteroatoms. The minimum absolute atomic E-state index is 0.110. The van der Waals surface area contributed by atoms with E-state index in [1.54, 1.807) is 31.2 Å². The van der Waals surface area contributed by atoms with Gasteiger partial charge >= 0.3 is 0 Å². The first kappa shape index (κ1) is 16.0. The van der Waals surface area contributed by atoms with Gasteiger partial charge in [0.25, 0.3) is 0 Å². The van der Waals surface area contributed by atoms with Crippen LogP contribution >= 0.6 is 11.6 Å². The normalized spacial score (nSPS) is 14.6. The number of sulfonamides is 1. The molecule has 0 aliphatic carbocycles. The molecule has 0 saturated heterocycles. The molecule has 0 bridgehead atoms. The number of hydrogen-bond acceptors (Lipinski definition) is 3. The minimum atomic E-state index is -3.70. The standard InChI is InChI=1S/C15H16ClNO3S/c1-11(15(18)12-5-3-2-4-6-12)17-21(19,20)14-9-7-13(16)8-10-14/h2-11,15,17-18H,1H3/t11-,15-/m1/s1. The fourth-order valence-corrected chi connectivity index (χ4v) is 3.30. The van der Waals surface area contributed by atoms with Gasteiger partial charge in [0, 0.05) is 11.1 Å². The molecule has 0 aliphatic rings. The van der Waals surface area contributed by atoms with Crippen molar-refractivity contribution in [2.24, 2.45) is 0 Å². The summed E-state index contributed by atoms with van der Waals surface area (Å²) in [5.74, 6) is 0. The zero-order valence-electron chi connectivity index (χ0n) is 11.4. The Balaban J connectivity index is 2.14. The smallest absolute Gasteiger partial charge is 0.240 e. The number of aliphatic hydroxyl groups excluding tert-OH is 1. The summed E-state index contributed by atoms with van der Waals surface area (Å²) in [6.45, 7) is 1.62. The highest BCUT2D eigenvalue weighted by molar-refractivity contribution is 7.89. The quantitative estimate of drug-likeness (QED) is 0.888. The van der Waals surface area contributed by atoms with Gasteiger partial charge in [-0.05, 0) is 36.8 Å². The Morgan fingerprint density at radius 2 is 1.62 bits per heavy atom. The summed E-state index contributed by atoms with van der Waals surface area (Å²) in [4.78, 5) is 0.110. The van der Waals surface area contributed by atoms with E-state index in [0.717, 1.165) is 0 Å². The summed E-state index contributed by atoms with van der Waals surface area (Å²) in [5.41, 5.74) is 0.656. The van der Waals surface area contributed by atoms with E-state index in [0.29, 0.717) is 10.6 Å². The van der Waals surface area contributed by atoms with Crippen LogP contribution in [0.25, 0.3) is 0 Å². The number of halogens is 1. The number of rotatable bonds is 5. The molecule has 2 aromatic carbocycles. The van der Waals surface area contributed by atoms with E-state index in [-0.39, 0.29) is 4.90 Å². The number of nitrogens with one attached hydrogen (secondary N) is 1. The minimum Gasteiger partial charge on any atom is -0.387 e. The maximum atomic E-state index is 12.2. The van der Waals surface area contributed by atoms with Crippen molar-refractivity contribution in [1.29, 1.82) is 0 Å². The molecule has 0 aliphatic heterocycles. The van der Waals surface area contributed by atoms with Crippen LogP contribution in [0, 0.1) is 0 Å². The van der Waals surface area contributed by atoms with Crippen molar-refractivity contribution in [1.82, 2.24) is 4.72 Å². The first-order valence-corrected chi connectivity index (χ1v) is 8.27. The molecule has 0 unspecified atom stereocenters. The van der Waals surface area contributed by atoms with Crippen molar-refractivity contribution in [2.45, 2.75) is 24.0 Å². The highest BCUT2D eigenvalue weighted by Crippen LogP contribution is 2.19. The zero-order valence-corrected chi connectivity index (χ0v) is 13.0. The van der Waals surface area contributed by atoms with Crippen molar-refractivity contribution in [3.8, 4) is 0 Å². The summed E-state index contributed by atoms with van der Waals surface area (Å²) >= 11 is 5.74. The fourth-order valence-electron chi connectivity index (χ4n) is 1.93. The van der Waals surface area contributed by atoms with E-state index in [1.807, 2.05) is 6.07 Å². The van der Waals surface area contributed by atoms with Crippen LogP contribution in [-0.4, -0.2) is 19.6 Å². The lowest BCUT2D eigenvalue weighted by Crippen LogP contribution is -2.37. The second-order valence-corrected chi connectivity index (χ2v) is 6.87. The number of hydrogen-bond donors (Lipinski definition) is 2. The lowest BCUT2D eigenvalue weighted by Gasteiger charge is -2.20. The van der Waals surface area contributed by atoms with Gasteiger partial charge in [0.15, 0.2) is 0 Å². The summed E-state index contributed by atoms with van der Waals surface area (Å²) in [5, 5.41) is 10.7. The third kappa shape index (κ3) is 4.04. The Bertz CT molecular complexity index is 687. The molecule has 0 spiro atoms. The number of benzene rings is 2. The monoisotopic (exact) mass is 325 g/mol. The van der Waals surface area contributed by atoms with Crippen LogP contribution in [0.3, 0.4) is 0 Å². The zero-order chi connectivity index (χ0) is 15.5. The van der Waals surface area contributed by atoms with Crippen LogP contribution in [0.15, 0.2) is 59.5 Å². The molecule has 2 aromatic rings. The first-order chi connectivity index (χ1) is 9.90. The molecule has 0 saturated carbocycles. The molecule has 2 atom stereocenters. The lowest BCUT2D eigenvalue weighted by atomic mass is 10.0. The fraction of sp³-hybridized carbons (Fsp3) is 0.200. The maximum Gasteiger partial charge on any atom is 0.240 e. The molecule has 0 aromatic heterocycles. The predicted octanol–water partition coefficient (Wildman–Crippen LogP) is 2.74. The van der Waals surface area contributed by atoms with Gasteiger partial charge in [0.05, 0.1) is 11.0 Å². The van der Waals surface area contributed by atoms with E-state index in [2.05, 4.69) is 4.72 Å². The largest absolute Gasteiger partial charge is 0.387 e. The molecule has 0 heterocycles. The maximum absolute atomic E-state index is 12.2. The van der Waals surface area contributed by atoms with Crippen LogP contribution in [0.2, 0.25) is 5.02 Å². The Morgan fingerprint density at radius 1 is 1.05 bits per heavy atom. The molecule has 112 valence electrons. The van der Waals surface area contributed by atoms with E-state index in [1.165, 1.54) is 24.3 Å². The lowest BCUT2D eigenvalue weighted by molar-refractivity contribution is 0.146. The summed E-state index contributed by atoms with van der Waals surface area (Å²) in [7, 11) is -3.70. The Labute approximate surface area is 129 Å². The Morgan fingerprint density at radius 3 is 2.19 bits per heavy atom. The van der Waals surface area contributed by atoms with Crippen LogP contribution in [0.1, 0.15) is 18.6 Å². The van der Waals surface area contributed by atoms with E-state index in [4.69, 9.17) is 11.6 Å². The van der Waals surface area contributed by atoms with E-state index < -0.39 is 22.2 Å². The highest BCUT2D eigenvalue weighted by atomic mass is 35.5. The van der Waals surface area contributed by atoms with Gasteiger partial charge in [0.1, 0.15) is 0 Å². The van der Waals surface area contributed by atoms with Crippen LogP contribution < -0.4 is 4.72 Å². The van der Waals surface area contributed by atoms with Gasteiger partial charge in [-0.1, -0.05) is 41.9 Å². The summed E-state index contributed by atoms with van der Waals surface area (Å²) in [6, 6.07) is 14.1. The predicted molar refractivity (Wildman–Crippen MR) is 82.6 cm³/mol. The van der Waals surface area contributed by atoms with Crippen molar-refractivity contribution < 1.29 is 13.5 Å². The second kappa shape index (κ2) is 6.58. The van der Waals surface area contributed by atoms with Gasteiger partial charge in [-0.3, -0.25) is 0 Å².